The molecular formula is C16H16F2N2O4. The number of hydrogen-bond donors (Lipinski definition) is 2. The number of ether oxygens (including phenoxy) is 1. The standard InChI is InChI=1S/C16H16F2N2O4/c1-24-15-12(18)11(17)6-9-13(15)20(8-2-3-8)7-10(14(9)22)16(23)19-4-5-21/h6-8,21H,2-5H2,1H3,(H,19,23). The van der Waals surface area contributed by atoms with Crippen LogP contribution in [0.15, 0.2) is 17.1 Å². The van der Waals surface area contributed by atoms with Crippen LogP contribution < -0.4 is 15.5 Å². The van der Waals surface area contributed by atoms with Crippen LogP contribution in [-0.2, 0) is 0 Å². The van der Waals surface area contributed by atoms with Crippen molar-refractivity contribution in [3.05, 3.63) is 39.7 Å². The lowest BCUT2D eigenvalue weighted by Crippen LogP contribution is -2.31. The van der Waals surface area contributed by atoms with E-state index >= 15 is 0 Å². The molecule has 1 heterocycles. The van der Waals surface area contributed by atoms with Crippen LogP contribution in [0.5, 0.6) is 5.75 Å². The fraction of sp³-hybridized carbons (Fsp3) is 0.375. The molecule has 0 atom stereocenters. The molecule has 3 rings (SSSR count). The van der Waals surface area contributed by atoms with Gasteiger partial charge in [0.15, 0.2) is 11.6 Å². The highest BCUT2D eigenvalue weighted by Gasteiger charge is 2.30. The van der Waals surface area contributed by atoms with Crippen molar-refractivity contribution in [1.82, 2.24) is 9.88 Å². The molecule has 1 fully saturated rings. The molecule has 0 radical (unpaired) electrons. The zero-order valence-electron chi connectivity index (χ0n) is 12.9. The summed E-state index contributed by atoms with van der Waals surface area (Å²) in [5, 5.41) is 11.1. The number of aliphatic hydroxyl groups is 1. The number of methoxy groups -OCH3 is 1. The van der Waals surface area contributed by atoms with E-state index in [-0.39, 0.29) is 41.4 Å². The van der Waals surface area contributed by atoms with E-state index in [2.05, 4.69) is 5.32 Å². The van der Waals surface area contributed by atoms with Gasteiger partial charge in [0.2, 0.25) is 11.2 Å². The molecule has 0 spiro atoms. The highest BCUT2D eigenvalue weighted by molar-refractivity contribution is 5.98. The first-order valence-corrected chi connectivity index (χ1v) is 7.49. The molecule has 6 nitrogen and oxygen atoms in total. The predicted octanol–water partition coefficient (Wildman–Crippen LogP) is 1.35. The predicted molar refractivity (Wildman–Crippen MR) is 82.4 cm³/mol. The smallest absolute Gasteiger partial charge is 0.256 e. The summed E-state index contributed by atoms with van der Waals surface area (Å²) in [4.78, 5) is 24.7. The molecule has 1 aliphatic carbocycles. The van der Waals surface area contributed by atoms with Gasteiger partial charge in [0.1, 0.15) is 5.56 Å². The number of pyridine rings is 1. The number of hydrogen-bond acceptors (Lipinski definition) is 4. The SMILES string of the molecule is COc1c(F)c(F)cc2c(=O)c(C(=O)NCCO)cn(C3CC3)c12. The molecular weight excluding hydrogens is 322 g/mol. The Balaban J connectivity index is 2.31. The van der Waals surface area contributed by atoms with Crippen LogP contribution in [-0.4, -0.2) is 35.8 Å². The molecule has 1 aromatic heterocycles. The third-order valence-electron chi connectivity index (χ3n) is 3.95. The maximum absolute atomic E-state index is 14.0. The van der Waals surface area contributed by atoms with Gasteiger partial charge in [0.25, 0.3) is 5.91 Å². The van der Waals surface area contributed by atoms with E-state index in [1.54, 1.807) is 4.57 Å². The van der Waals surface area contributed by atoms with Crippen molar-refractivity contribution >= 4 is 16.8 Å². The molecule has 24 heavy (non-hydrogen) atoms. The average Bonchev–Trinajstić information content (AvgIpc) is 3.40. The Hall–Kier alpha value is -2.48. The number of amides is 1. The Bertz CT molecular complexity index is 875. The first kappa shape index (κ1) is 16.4. The largest absolute Gasteiger partial charge is 0.491 e. The zero-order chi connectivity index (χ0) is 17.4. The normalized spacial score (nSPS) is 14.0. The molecule has 8 heteroatoms. The number of carbonyl (C=O) groups is 1. The van der Waals surface area contributed by atoms with Gasteiger partial charge in [-0.25, -0.2) is 4.39 Å². The van der Waals surface area contributed by atoms with Crippen molar-refractivity contribution in [1.29, 1.82) is 0 Å². The minimum atomic E-state index is -1.22. The summed E-state index contributed by atoms with van der Waals surface area (Å²) in [5.74, 6) is -3.41. The van der Waals surface area contributed by atoms with Crippen molar-refractivity contribution in [3.8, 4) is 5.75 Å². The molecule has 128 valence electrons. The average molecular weight is 338 g/mol. The second kappa shape index (κ2) is 6.20. The van der Waals surface area contributed by atoms with Crippen LogP contribution in [0.4, 0.5) is 8.78 Å². The number of fused-ring (bicyclic) bond motifs is 1. The minimum absolute atomic E-state index is 0.00347. The van der Waals surface area contributed by atoms with E-state index in [0.29, 0.717) is 0 Å². The van der Waals surface area contributed by atoms with Crippen molar-refractivity contribution < 1.29 is 23.4 Å². The summed E-state index contributed by atoms with van der Waals surface area (Å²) >= 11 is 0. The van der Waals surface area contributed by atoms with E-state index in [4.69, 9.17) is 9.84 Å². The van der Waals surface area contributed by atoms with Crippen molar-refractivity contribution in [2.24, 2.45) is 0 Å². The summed E-state index contributed by atoms with van der Waals surface area (Å²) in [6, 6.07) is 0.785. The fourth-order valence-corrected chi connectivity index (χ4v) is 2.68. The number of nitrogens with zero attached hydrogens (tertiary/aromatic N) is 1. The molecule has 2 N–H and O–H groups in total. The third kappa shape index (κ3) is 2.62. The first-order valence-electron chi connectivity index (χ1n) is 7.49. The Kier molecular flexibility index (Phi) is 4.23. The third-order valence-corrected chi connectivity index (χ3v) is 3.95. The van der Waals surface area contributed by atoms with Gasteiger partial charge in [-0.1, -0.05) is 0 Å². The lowest BCUT2D eigenvalue weighted by atomic mass is 10.1. The maximum atomic E-state index is 14.0. The lowest BCUT2D eigenvalue weighted by Gasteiger charge is -2.16. The molecule has 0 saturated heterocycles. The minimum Gasteiger partial charge on any atom is -0.491 e. The monoisotopic (exact) mass is 338 g/mol. The molecule has 0 aliphatic heterocycles. The van der Waals surface area contributed by atoms with Gasteiger partial charge in [-0.3, -0.25) is 9.59 Å². The number of benzene rings is 1. The van der Waals surface area contributed by atoms with Gasteiger partial charge in [0.05, 0.1) is 24.6 Å². The van der Waals surface area contributed by atoms with Gasteiger partial charge in [-0.2, -0.15) is 4.39 Å². The van der Waals surface area contributed by atoms with Crippen LogP contribution >= 0.6 is 0 Å². The Morgan fingerprint density at radius 3 is 2.75 bits per heavy atom. The van der Waals surface area contributed by atoms with Gasteiger partial charge in [0, 0.05) is 18.8 Å². The molecule has 0 bridgehead atoms. The Labute approximate surface area is 135 Å². The second-order valence-electron chi connectivity index (χ2n) is 5.59. The summed E-state index contributed by atoms with van der Waals surface area (Å²) < 4.78 is 34.4. The fourth-order valence-electron chi connectivity index (χ4n) is 2.68. The van der Waals surface area contributed by atoms with Gasteiger partial charge < -0.3 is 19.7 Å². The maximum Gasteiger partial charge on any atom is 0.256 e. The molecule has 1 aliphatic rings. The van der Waals surface area contributed by atoms with E-state index in [9.17, 15) is 18.4 Å². The Morgan fingerprint density at radius 1 is 1.46 bits per heavy atom. The van der Waals surface area contributed by atoms with Crippen LogP contribution in [0.2, 0.25) is 0 Å². The Morgan fingerprint density at radius 2 is 2.17 bits per heavy atom. The molecule has 1 saturated carbocycles. The molecule has 1 aromatic carbocycles. The first-order chi connectivity index (χ1) is 11.5. The number of rotatable bonds is 5. The summed E-state index contributed by atoms with van der Waals surface area (Å²) in [5.41, 5.74) is -0.756. The van der Waals surface area contributed by atoms with E-state index in [1.807, 2.05) is 0 Å². The van der Waals surface area contributed by atoms with Crippen molar-refractivity contribution in [2.75, 3.05) is 20.3 Å². The van der Waals surface area contributed by atoms with E-state index < -0.39 is 23.0 Å². The van der Waals surface area contributed by atoms with Gasteiger partial charge in [-0.15, -0.1) is 0 Å². The number of aromatic nitrogens is 1. The lowest BCUT2D eigenvalue weighted by molar-refractivity contribution is 0.0943. The number of aliphatic hydroxyl groups excluding tert-OH is 1. The molecule has 2 aromatic rings. The van der Waals surface area contributed by atoms with E-state index in [1.165, 1.54) is 13.3 Å². The van der Waals surface area contributed by atoms with Gasteiger partial charge in [-0.05, 0) is 18.9 Å². The summed E-state index contributed by atoms with van der Waals surface area (Å²) in [6.45, 7) is -0.287. The summed E-state index contributed by atoms with van der Waals surface area (Å²) in [7, 11) is 1.20. The second-order valence-corrected chi connectivity index (χ2v) is 5.59. The topological polar surface area (TPSA) is 80.6 Å². The highest BCUT2D eigenvalue weighted by Crippen LogP contribution is 2.40. The van der Waals surface area contributed by atoms with Crippen LogP contribution in [0.25, 0.3) is 10.9 Å². The van der Waals surface area contributed by atoms with Crippen LogP contribution in [0.1, 0.15) is 29.2 Å². The zero-order valence-corrected chi connectivity index (χ0v) is 12.9. The van der Waals surface area contributed by atoms with Crippen LogP contribution in [0.3, 0.4) is 0 Å². The van der Waals surface area contributed by atoms with E-state index in [0.717, 1.165) is 18.9 Å². The van der Waals surface area contributed by atoms with Crippen molar-refractivity contribution in [2.45, 2.75) is 18.9 Å². The molecule has 0 unspecified atom stereocenters. The molecule has 1 amide bonds. The van der Waals surface area contributed by atoms with Gasteiger partial charge >= 0.3 is 0 Å². The van der Waals surface area contributed by atoms with Crippen molar-refractivity contribution in [3.63, 3.8) is 0 Å². The van der Waals surface area contributed by atoms with Crippen LogP contribution in [0, 0.1) is 11.6 Å². The number of nitrogens with one attached hydrogen (secondary N) is 1. The highest BCUT2D eigenvalue weighted by atomic mass is 19.2. The number of carbonyl (C=O) groups excluding carboxylic acids is 1. The quantitative estimate of drug-likeness (QED) is 0.862. The number of halogens is 2. The summed E-state index contributed by atoms with van der Waals surface area (Å²) in [6.07, 6.45) is 2.95.